The number of hydrogen-bond donors (Lipinski definition) is 1. The maximum atomic E-state index is 11.3. The number of carbonyl (C=O) groups is 1. The highest BCUT2D eigenvalue weighted by molar-refractivity contribution is 6.01. The van der Waals surface area contributed by atoms with Gasteiger partial charge in [0.2, 0.25) is 0 Å². The largest absolute Gasteiger partial charge is 0.478 e. The maximum absolute atomic E-state index is 11.3. The monoisotopic (exact) mass is 271 g/mol. The maximum Gasteiger partial charge on any atom is 0.336 e. The summed E-state index contributed by atoms with van der Waals surface area (Å²) in [5.41, 5.74) is 1.53. The van der Waals surface area contributed by atoms with Crippen molar-refractivity contribution in [2.75, 3.05) is 0 Å². The molecule has 3 aromatic heterocycles. The van der Waals surface area contributed by atoms with Crippen LogP contribution in [0.2, 0.25) is 0 Å². The molecule has 3 rings (SSSR count). The van der Waals surface area contributed by atoms with Crippen molar-refractivity contribution in [3.05, 3.63) is 47.7 Å². The standard InChI is InChI=1S/C14H13N3O3/c1-2-9-6-11(14(18)19)12-7-15-17(13(12)16-9)8-10-4-3-5-20-10/h3-7H,2,8H2,1H3,(H,18,19). The summed E-state index contributed by atoms with van der Waals surface area (Å²) < 4.78 is 6.94. The van der Waals surface area contributed by atoms with Crippen molar-refractivity contribution in [2.24, 2.45) is 0 Å². The van der Waals surface area contributed by atoms with Gasteiger partial charge in [-0.25, -0.2) is 14.5 Å². The first kappa shape index (κ1) is 12.4. The average Bonchev–Trinajstić information content (AvgIpc) is 3.08. The molecule has 1 N–H and O–H groups in total. The Balaban J connectivity index is 2.15. The molecule has 0 spiro atoms. The molecule has 0 aromatic carbocycles. The van der Waals surface area contributed by atoms with E-state index in [1.54, 1.807) is 23.1 Å². The third-order valence-corrected chi connectivity index (χ3v) is 3.14. The van der Waals surface area contributed by atoms with Crippen molar-refractivity contribution < 1.29 is 14.3 Å². The first-order chi connectivity index (χ1) is 9.69. The molecule has 0 bridgehead atoms. The van der Waals surface area contributed by atoms with Gasteiger partial charge >= 0.3 is 5.97 Å². The Kier molecular flexibility index (Phi) is 2.98. The number of rotatable bonds is 4. The van der Waals surface area contributed by atoms with Gasteiger partial charge in [-0.05, 0) is 24.6 Å². The van der Waals surface area contributed by atoms with Gasteiger partial charge < -0.3 is 9.52 Å². The molecule has 0 aliphatic rings. The number of pyridine rings is 1. The minimum atomic E-state index is -0.968. The van der Waals surface area contributed by atoms with Crippen molar-refractivity contribution in [3.63, 3.8) is 0 Å². The molecule has 20 heavy (non-hydrogen) atoms. The van der Waals surface area contributed by atoms with Gasteiger partial charge in [-0.15, -0.1) is 0 Å². The van der Waals surface area contributed by atoms with Crippen LogP contribution in [-0.2, 0) is 13.0 Å². The van der Waals surface area contributed by atoms with E-state index in [9.17, 15) is 9.90 Å². The predicted molar refractivity (Wildman–Crippen MR) is 71.7 cm³/mol. The SMILES string of the molecule is CCc1cc(C(=O)O)c2cnn(Cc3ccco3)c2n1. The zero-order chi connectivity index (χ0) is 14.1. The van der Waals surface area contributed by atoms with Crippen LogP contribution in [0.4, 0.5) is 0 Å². The summed E-state index contributed by atoms with van der Waals surface area (Å²) in [5, 5.41) is 14.0. The van der Waals surface area contributed by atoms with Crippen LogP contribution in [0.1, 0.15) is 28.7 Å². The number of aromatic nitrogens is 3. The molecule has 0 unspecified atom stereocenters. The molecule has 0 aliphatic carbocycles. The van der Waals surface area contributed by atoms with Crippen LogP contribution in [0.3, 0.4) is 0 Å². The van der Waals surface area contributed by atoms with E-state index in [1.165, 1.54) is 6.20 Å². The average molecular weight is 271 g/mol. The second kappa shape index (κ2) is 4.80. The van der Waals surface area contributed by atoms with Gasteiger partial charge in [0.1, 0.15) is 12.3 Å². The van der Waals surface area contributed by atoms with Crippen LogP contribution in [0, 0.1) is 0 Å². The Morgan fingerprint density at radius 1 is 1.50 bits per heavy atom. The number of aryl methyl sites for hydroxylation is 1. The number of carboxylic acid groups (broad SMARTS) is 1. The Bertz CT molecular complexity index is 759. The molecule has 6 heteroatoms. The molecule has 0 atom stereocenters. The fourth-order valence-electron chi connectivity index (χ4n) is 2.12. The number of hydrogen-bond acceptors (Lipinski definition) is 4. The van der Waals surface area contributed by atoms with Gasteiger partial charge in [0, 0.05) is 5.69 Å². The predicted octanol–water partition coefficient (Wildman–Crippen LogP) is 2.33. The highest BCUT2D eigenvalue weighted by Gasteiger charge is 2.16. The third-order valence-electron chi connectivity index (χ3n) is 3.14. The van der Waals surface area contributed by atoms with Gasteiger partial charge in [-0.3, -0.25) is 0 Å². The number of carboxylic acids is 1. The lowest BCUT2D eigenvalue weighted by Crippen LogP contribution is -2.05. The molecule has 3 heterocycles. The molecular weight excluding hydrogens is 258 g/mol. The summed E-state index contributed by atoms with van der Waals surface area (Å²) in [6.45, 7) is 2.36. The van der Waals surface area contributed by atoms with E-state index in [-0.39, 0.29) is 5.56 Å². The molecule has 0 saturated carbocycles. The number of furan rings is 1. The van der Waals surface area contributed by atoms with Crippen LogP contribution in [0.15, 0.2) is 35.1 Å². The zero-order valence-corrected chi connectivity index (χ0v) is 10.9. The van der Waals surface area contributed by atoms with Crippen molar-refractivity contribution in [1.82, 2.24) is 14.8 Å². The second-order valence-electron chi connectivity index (χ2n) is 4.44. The Morgan fingerprint density at radius 2 is 2.35 bits per heavy atom. The first-order valence-electron chi connectivity index (χ1n) is 6.30. The lowest BCUT2D eigenvalue weighted by Gasteiger charge is -2.04. The van der Waals surface area contributed by atoms with E-state index in [0.29, 0.717) is 24.0 Å². The van der Waals surface area contributed by atoms with Crippen LogP contribution < -0.4 is 0 Å². The molecule has 6 nitrogen and oxygen atoms in total. The van der Waals surface area contributed by atoms with Gasteiger partial charge in [-0.2, -0.15) is 5.10 Å². The lowest BCUT2D eigenvalue weighted by molar-refractivity contribution is 0.0699. The second-order valence-corrected chi connectivity index (χ2v) is 4.44. The van der Waals surface area contributed by atoms with Gasteiger partial charge in [0.05, 0.1) is 23.4 Å². The molecule has 0 fully saturated rings. The third kappa shape index (κ3) is 2.05. The van der Waals surface area contributed by atoms with Gasteiger partial charge in [-0.1, -0.05) is 6.92 Å². The minimum absolute atomic E-state index is 0.234. The van der Waals surface area contributed by atoms with Crippen LogP contribution in [0.5, 0.6) is 0 Å². The molecule has 0 radical (unpaired) electrons. The van der Waals surface area contributed by atoms with E-state index in [4.69, 9.17) is 4.42 Å². The highest BCUT2D eigenvalue weighted by Crippen LogP contribution is 2.20. The van der Waals surface area contributed by atoms with E-state index in [2.05, 4.69) is 10.1 Å². The molecule has 0 amide bonds. The Morgan fingerprint density at radius 3 is 3.00 bits per heavy atom. The number of fused-ring (bicyclic) bond motifs is 1. The quantitative estimate of drug-likeness (QED) is 0.787. The van der Waals surface area contributed by atoms with E-state index in [1.807, 2.05) is 13.0 Å². The van der Waals surface area contributed by atoms with Crippen molar-refractivity contribution in [1.29, 1.82) is 0 Å². The summed E-state index contributed by atoms with van der Waals surface area (Å²) in [4.78, 5) is 15.8. The van der Waals surface area contributed by atoms with Crippen LogP contribution in [0.25, 0.3) is 11.0 Å². The van der Waals surface area contributed by atoms with E-state index < -0.39 is 5.97 Å². The molecule has 3 aromatic rings. The van der Waals surface area contributed by atoms with Crippen molar-refractivity contribution >= 4 is 17.0 Å². The zero-order valence-electron chi connectivity index (χ0n) is 10.9. The first-order valence-corrected chi connectivity index (χ1v) is 6.30. The Labute approximate surface area is 114 Å². The summed E-state index contributed by atoms with van der Waals surface area (Å²) >= 11 is 0. The van der Waals surface area contributed by atoms with Crippen LogP contribution in [-0.4, -0.2) is 25.8 Å². The summed E-state index contributed by atoms with van der Waals surface area (Å²) in [6, 6.07) is 5.24. The van der Waals surface area contributed by atoms with E-state index >= 15 is 0 Å². The number of nitrogens with zero attached hydrogens (tertiary/aromatic N) is 3. The van der Waals surface area contributed by atoms with Crippen molar-refractivity contribution in [3.8, 4) is 0 Å². The van der Waals surface area contributed by atoms with Crippen molar-refractivity contribution in [2.45, 2.75) is 19.9 Å². The summed E-state index contributed by atoms with van der Waals surface area (Å²) in [7, 11) is 0. The highest BCUT2D eigenvalue weighted by atomic mass is 16.4. The van der Waals surface area contributed by atoms with E-state index in [0.717, 1.165) is 11.5 Å². The molecule has 0 saturated heterocycles. The summed E-state index contributed by atoms with van der Waals surface area (Å²) in [5.74, 6) is -0.222. The topological polar surface area (TPSA) is 81.1 Å². The molecule has 102 valence electrons. The lowest BCUT2D eigenvalue weighted by atomic mass is 10.1. The molecular formula is C14H13N3O3. The van der Waals surface area contributed by atoms with Gasteiger partial charge in [0.25, 0.3) is 0 Å². The normalized spacial score (nSPS) is 11.1. The Hall–Kier alpha value is -2.63. The molecule has 0 aliphatic heterocycles. The fraction of sp³-hybridized carbons (Fsp3) is 0.214. The summed E-state index contributed by atoms with van der Waals surface area (Å²) in [6.07, 6.45) is 3.80. The van der Waals surface area contributed by atoms with Gasteiger partial charge in [0.15, 0.2) is 5.65 Å². The minimum Gasteiger partial charge on any atom is -0.478 e. The number of aromatic carboxylic acids is 1. The fourth-order valence-corrected chi connectivity index (χ4v) is 2.12. The smallest absolute Gasteiger partial charge is 0.336 e. The van der Waals surface area contributed by atoms with Crippen LogP contribution >= 0.6 is 0 Å².